The summed E-state index contributed by atoms with van der Waals surface area (Å²) in [6.45, 7) is 0.676. The summed E-state index contributed by atoms with van der Waals surface area (Å²) in [5.41, 5.74) is 1.13. The van der Waals surface area contributed by atoms with E-state index in [9.17, 15) is 13.2 Å². The van der Waals surface area contributed by atoms with E-state index in [0.717, 1.165) is 11.9 Å². The number of nitrogens with zero attached hydrogens (tertiary/aromatic N) is 1. The van der Waals surface area contributed by atoms with Crippen molar-refractivity contribution in [1.82, 2.24) is 15.0 Å². The first-order chi connectivity index (χ1) is 8.92. The first-order valence-electron chi connectivity index (χ1n) is 5.79. The van der Waals surface area contributed by atoms with Crippen molar-refractivity contribution in [2.75, 3.05) is 31.7 Å². The molecule has 0 saturated heterocycles. The van der Waals surface area contributed by atoms with E-state index < -0.39 is 10.0 Å². The maximum Gasteiger partial charge on any atom is 0.269 e. The number of nitrogens with one attached hydrogen (secondary N) is 3. The van der Waals surface area contributed by atoms with E-state index in [4.69, 9.17) is 0 Å². The molecule has 1 rings (SSSR count). The highest BCUT2D eigenvalue weighted by Gasteiger charge is 2.07. The van der Waals surface area contributed by atoms with Crippen LogP contribution in [0.4, 0.5) is 5.69 Å². The summed E-state index contributed by atoms with van der Waals surface area (Å²) >= 11 is 0. The number of amides is 1. The molecule has 0 atom stereocenters. The van der Waals surface area contributed by atoms with Crippen molar-refractivity contribution in [3.8, 4) is 0 Å². The highest BCUT2D eigenvalue weighted by Crippen LogP contribution is 2.06. The minimum Gasteiger partial charge on any atom is -0.388 e. The smallest absolute Gasteiger partial charge is 0.269 e. The van der Waals surface area contributed by atoms with Crippen molar-refractivity contribution in [2.45, 2.75) is 6.42 Å². The lowest BCUT2D eigenvalue weighted by atomic mass is 10.3. The number of hydrogen-bond acceptors (Lipinski definition) is 5. The molecule has 0 aliphatic carbocycles. The molecule has 0 spiro atoms. The second kappa shape index (κ2) is 7.05. The topological polar surface area (TPSA) is 100 Å². The largest absolute Gasteiger partial charge is 0.388 e. The molecule has 0 fully saturated rings. The molecule has 0 saturated carbocycles. The second-order valence-corrected chi connectivity index (χ2v) is 5.79. The molecule has 1 aromatic rings. The van der Waals surface area contributed by atoms with E-state index in [1.54, 1.807) is 25.4 Å². The molecular weight excluding hydrogens is 268 g/mol. The quantitative estimate of drug-likeness (QED) is 0.602. The Bertz CT molecular complexity index is 530. The van der Waals surface area contributed by atoms with Crippen LogP contribution in [0.25, 0.3) is 0 Å². The summed E-state index contributed by atoms with van der Waals surface area (Å²) in [5, 5.41) is 5.59. The van der Waals surface area contributed by atoms with Crippen LogP contribution in [-0.2, 0) is 10.0 Å². The summed E-state index contributed by atoms with van der Waals surface area (Å²) in [5.74, 6) is -0.281. The van der Waals surface area contributed by atoms with E-state index in [1.807, 2.05) is 0 Å². The molecule has 0 aromatic carbocycles. The van der Waals surface area contributed by atoms with Gasteiger partial charge in [-0.3, -0.25) is 9.78 Å². The first kappa shape index (κ1) is 15.4. The van der Waals surface area contributed by atoms with Gasteiger partial charge in [-0.05, 0) is 18.6 Å². The number of hydrogen-bond donors (Lipinski definition) is 3. The van der Waals surface area contributed by atoms with Crippen molar-refractivity contribution in [2.24, 2.45) is 0 Å². The van der Waals surface area contributed by atoms with Crippen molar-refractivity contribution in [3.05, 3.63) is 24.0 Å². The molecule has 0 aliphatic heterocycles. The van der Waals surface area contributed by atoms with Crippen LogP contribution in [0.15, 0.2) is 18.3 Å². The third kappa shape index (κ3) is 6.16. The first-order valence-corrected chi connectivity index (χ1v) is 7.68. The van der Waals surface area contributed by atoms with Crippen LogP contribution < -0.4 is 15.4 Å². The fraction of sp³-hybridized carbons (Fsp3) is 0.455. The van der Waals surface area contributed by atoms with Gasteiger partial charge < -0.3 is 10.6 Å². The summed E-state index contributed by atoms with van der Waals surface area (Å²) in [4.78, 5) is 15.7. The lowest BCUT2D eigenvalue weighted by molar-refractivity contribution is 0.0948. The van der Waals surface area contributed by atoms with Gasteiger partial charge in [0, 0.05) is 32.0 Å². The number of carbonyl (C=O) groups is 1. The predicted octanol–water partition coefficient (Wildman–Crippen LogP) is -0.208. The summed E-state index contributed by atoms with van der Waals surface area (Å²) in [6.07, 6.45) is 3.16. The van der Waals surface area contributed by atoms with Gasteiger partial charge >= 0.3 is 0 Å². The number of carbonyl (C=O) groups excluding carboxylic acids is 1. The van der Waals surface area contributed by atoms with Crippen LogP contribution in [0.5, 0.6) is 0 Å². The zero-order valence-electron chi connectivity index (χ0n) is 10.9. The van der Waals surface area contributed by atoms with Crippen molar-refractivity contribution < 1.29 is 13.2 Å². The molecule has 0 bridgehead atoms. The van der Waals surface area contributed by atoms with Gasteiger partial charge in [0.1, 0.15) is 5.69 Å². The molecule has 1 aromatic heterocycles. The molecule has 0 unspecified atom stereocenters. The van der Waals surface area contributed by atoms with Gasteiger partial charge in [-0.25, -0.2) is 13.1 Å². The molecule has 1 heterocycles. The van der Waals surface area contributed by atoms with E-state index in [-0.39, 0.29) is 5.91 Å². The van der Waals surface area contributed by atoms with Crippen molar-refractivity contribution in [1.29, 1.82) is 0 Å². The molecule has 1 amide bonds. The standard InChI is InChI=1S/C11H18N4O3S/c1-12-9-4-7-13-10(8-9)11(16)14-5-3-6-15-19(2,17)18/h4,7-8,15H,3,5-6H2,1-2H3,(H,12,13)(H,14,16). The molecule has 106 valence electrons. The molecule has 19 heavy (non-hydrogen) atoms. The van der Waals surface area contributed by atoms with Crippen LogP contribution in [0, 0.1) is 0 Å². The lowest BCUT2D eigenvalue weighted by Crippen LogP contribution is -2.29. The molecule has 3 N–H and O–H groups in total. The van der Waals surface area contributed by atoms with Crippen LogP contribution in [0.1, 0.15) is 16.9 Å². The van der Waals surface area contributed by atoms with Crippen LogP contribution >= 0.6 is 0 Å². The number of sulfonamides is 1. The van der Waals surface area contributed by atoms with Crippen LogP contribution in [-0.4, -0.2) is 45.7 Å². The number of aromatic nitrogens is 1. The summed E-state index contributed by atoms with van der Waals surface area (Å²) < 4.78 is 24.0. The molecule has 0 radical (unpaired) electrons. The van der Waals surface area contributed by atoms with E-state index in [0.29, 0.717) is 25.2 Å². The van der Waals surface area contributed by atoms with E-state index in [1.165, 1.54) is 0 Å². The summed E-state index contributed by atoms with van der Waals surface area (Å²) in [7, 11) is -1.41. The monoisotopic (exact) mass is 286 g/mol. The SMILES string of the molecule is CNc1ccnc(C(=O)NCCCNS(C)(=O)=O)c1. The van der Waals surface area contributed by atoms with Gasteiger partial charge in [-0.2, -0.15) is 0 Å². The van der Waals surface area contributed by atoms with E-state index >= 15 is 0 Å². The Balaban J connectivity index is 2.35. The van der Waals surface area contributed by atoms with Crippen LogP contribution in [0.2, 0.25) is 0 Å². The third-order valence-corrected chi connectivity index (χ3v) is 3.01. The Morgan fingerprint density at radius 3 is 2.74 bits per heavy atom. The number of rotatable bonds is 7. The zero-order chi connectivity index (χ0) is 14.3. The molecule has 0 aliphatic rings. The minimum absolute atomic E-state index is 0.281. The van der Waals surface area contributed by atoms with Gasteiger partial charge in [0.05, 0.1) is 6.26 Å². The second-order valence-electron chi connectivity index (χ2n) is 3.96. The Labute approximate surface area is 112 Å². The van der Waals surface area contributed by atoms with Gasteiger partial charge in [0.25, 0.3) is 5.91 Å². The molecule has 8 heteroatoms. The fourth-order valence-electron chi connectivity index (χ4n) is 1.35. The molecule has 7 nitrogen and oxygen atoms in total. The van der Waals surface area contributed by atoms with Gasteiger partial charge in [0.15, 0.2) is 0 Å². The van der Waals surface area contributed by atoms with Crippen molar-refractivity contribution in [3.63, 3.8) is 0 Å². The Hall–Kier alpha value is -1.67. The third-order valence-electron chi connectivity index (χ3n) is 2.28. The maximum absolute atomic E-state index is 11.7. The fourth-order valence-corrected chi connectivity index (χ4v) is 1.86. The maximum atomic E-state index is 11.7. The predicted molar refractivity (Wildman–Crippen MR) is 73.6 cm³/mol. The Morgan fingerprint density at radius 1 is 1.37 bits per heavy atom. The van der Waals surface area contributed by atoms with Gasteiger partial charge in [-0.1, -0.05) is 0 Å². The lowest BCUT2D eigenvalue weighted by Gasteiger charge is -2.06. The normalized spacial score (nSPS) is 11.1. The number of anilines is 1. The average Bonchev–Trinajstić information content (AvgIpc) is 2.37. The molecular formula is C11H18N4O3S. The Morgan fingerprint density at radius 2 is 2.11 bits per heavy atom. The van der Waals surface area contributed by atoms with E-state index in [2.05, 4.69) is 20.3 Å². The Kier molecular flexibility index (Phi) is 5.71. The minimum atomic E-state index is -3.17. The van der Waals surface area contributed by atoms with Crippen molar-refractivity contribution >= 4 is 21.6 Å². The van der Waals surface area contributed by atoms with Gasteiger partial charge in [0.2, 0.25) is 10.0 Å². The number of pyridine rings is 1. The summed E-state index contributed by atoms with van der Waals surface area (Å²) in [6, 6.07) is 3.40. The zero-order valence-corrected chi connectivity index (χ0v) is 11.8. The highest BCUT2D eigenvalue weighted by molar-refractivity contribution is 7.88. The van der Waals surface area contributed by atoms with Crippen LogP contribution in [0.3, 0.4) is 0 Å². The average molecular weight is 286 g/mol. The highest BCUT2D eigenvalue weighted by atomic mass is 32.2. The van der Waals surface area contributed by atoms with Gasteiger partial charge in [-0.15, -0.1) is 0 Å².